The van der Waals surface area contributed by atoms with Crippen LogP contribution in [0.3, 0.4) is 0 Å². The van der Waals surface area contributed by atoms with Gasteiger partial charge in [0, 0.05) is 17.5 Å². The lowest BCUT2D eigenvalue weighted by molar-refractivity contribution is 0.617. The molecular formula is C8H9ClFN. The predicted octanol–water partition coefficient (Wildman–Crippen LogP) is 2.56. The molecule has 0 spiro atoms. The van der Waals surface area contributed by atoms with Gasteiger partial charge in [-0.2, -0.15) is 0 Å². The van der Waals surface area contributed by atoms with Crippen molar-refractivity contribution in [2.75, 3.05) is 5.88 Å². The zero-order valence-corrected chi connectivity index (χ0v) is 6.98. The molecule has 1 rings (SSSR count). The van der Waals surface area contributed by atoms with Crippen molar-refractivity contribution in [2.45, 2.75) is 12.8 Å². The highest BCUT2D eigenvalue weighted by molar-refractivity contribution is 6.18. The maximum atomic E-state index is 12.4. The zero-order chi connectivity index (χ0) is 8.27. The minimum atomic E-state index is -0.310. The van der Waals surface area contributed by atoms with Crippen LogP contribution in [0.4, 0.5) is 4.39 Å². The van der Waals surface area contributed by atoms with E-state index in [1.807, 2.05) is 6.92 Å². The molecule has 0 aliphatic carbocycles. The standard InChI is InChI=1S/C8H9ClFN/c1-6(4-9)8-3-2-7(10)5-11-8/h2-3,5-6H,4H2,1H3. The van der Waals surface area contributed by atoms with Crippen LogP contribution in [0, 0.1) is 5.82 Å². The van der Waals surface area contributed by atoms with E-state index in [0.717, 1.165) is 5.69 Å². The summed E-state index contributed by atoms with van der Waals surface area (Å²) in [5.74, 6) is 0.395. The van der Waals surface area contributed by atoms with Crippen LogP contribution in [0.2, 0.25) is 0 Å². The van der Waals surface area contributed by atoms with E-state index in [4.69, 9.17) is 11.6 Å². The van der Waals surface area contributed by atoms with Crippen molar-refractivity contribution >= 4 is 11.6 Å². The summed E-state index contributed by atoms with van der Waals surface area (Å²) < 4.78 is 12.4. The molecule has 3 heteroatoms. The molecule has 0 N–H and O–H groups in total. The van der Waals surface area contributed by atoms with Crippen molar-refractivity contribution in [3.63, 3.8) is 0 Å². The molecule has 1 atom stereocenters. The third kappa shape index (κ3) is 2.15. The van der Waals surface area contributed by atoms with E-state index in [-0.39, 0.29) is 11.7 Å². The van der Waals surface area contributed by atoms with Crippen LogP contribution in [0.5, 0.6) is 0 Å². The van der Waals surface area contributed by atoms with Crippen LogP contribution in [-0.4, -0.2) is 10.9 Å². The molecule has 1 aromatic heterocycles. The van der Waals surface area contributed by atoms with Crippen molar-refractivity contribution in [3.05, 3.63) is 29.8 Å². The van der Waals surface area contributed by atoms with Crippen molar-refractivity contribution in [3.8, 4) is 0 Å². The van der Waals surface area contributed by atoms with Gasteiger partial charge in [-0.15, -0.1) is 11.6 Å². The van der Waals surface area contributed by atoms with Gasteiger partial charge in [0.1, 0.15) is 5.82 Å². The van der Waals surface area contributed by atoms with Crippen molar-refractivity contribution in [1.82, 2.24) is 4.98 Å². The van der Waals surface area contributed by atoms with Crippen LogP contribution in [0.1, 0.15) is 18.5 Å². The van der Waals surface area contributed by atoms with Crippen LogP contribution in [0.15, 0.2) is 18.3 Å². The first-order valence-corrected chi connectivity index (χ1v) is 3.95. The van der Waals surface area contributed by atoms with Gasteiger partial charge in [-0.1, -0.05) is 6.92 Å². The predicted molar refractivity (Wildman–Crippen MR) is 43.3 cm³/mol. The van der Waals surface area contributed by atoms with Gasteiger partial charge >= 0.3 is 0 Å². The number of hydrogen-bond donors (Lipinski definition) is 0. The number of alkyl halides is 1. The Balaban J connectivity index is 2.81. The van der Waals surface area contributed by atoms with Gasteiger partial charge in [0.15, 0.2) is 0 Å². The molecule has 0 radical (unpaired) electrons. The molecule has 1 aromatic rings. The van der Waals surface area contributed by atoms with E-state index in [2.05, 4.69) is 4.98 Å². The highest BCUT2D eigenvalue weighted by Gasteiger charge is 2.04. The zero-order valence-electron chi connectivity index (χ0n) is 6.22. The summed E-state index contributed by atoms with van der Waals surface area (Å²) in [4.78, 5) is 3.89. The number of hydrogen-bond acceptors (Lipinski definition) is 1. The summed E-state index contributed by atoms with van der Waals surface area (Å²) in [6.07, 6.45) is 1.21. The van der Waals surface area contributed by atoms with Crippen LogP contribution in [-0.2, 0) is 0 Å². The van der Waals surface area contributed by atoms with Crippen molar-refractivity contribution in [2.24, 2.45) is 0 Å². The third-order valence-corrected chi connectivity index (χ3v) is 1.95. The Morgan fingerprint density at radius 2 is 2.36 bits per heavy atom. The molecule has 0 saturated carbocycles. The lowest BCUT2D eigenvalue weighted by Gasteiger charge is -2.04. The Bertz CT molecular complexity index is 222. The van der Waals surface area contributed by atoms with E-state index in [9.17, 15) is 4.39 Å². The summed E-state index contributed by atoms with van der Waals surface area (Å²) in [5.41, 5.74) is 0.835. The molecule has 0 aliphatic rings. The lowest BCUT2D eigenvalue weighted by Crippen LogP contribution is -1.97. The fourth-order valence-electron chi connectivity index (χ4n) is 0.758. The molecule has 60 valence electrons. The number of pyridine rings is 1. The second kappa shape index (κ2) is 3.67. The Morgan fingerprint density at radius 3 is 2.82 bits per heavy atom. The molecule has 0 bridgehead atoms. The number of aromatic nitrogens is 1. The SMILES string of the molecule is CC(CCl)c1ccc(F)cn1. The first kappa shape index (κ1) is 8.47. The van der Waals surface area contributed by atoms with Gasteiger partial charge in [0.2, 0.25) is 0 Å². The molecule has 1 nitrogen and oxygen atoms in total. The second-order valence-electron chi connectivity index (χ2n) is 2.46. The molecule has 1 unspecified atom stereocenters. The van der Waals surface area contributed by atoms with Gasteiger partial charge in [-0.05, 0) is 12.1 Å². The van der Waals surface area contributed by atoms with Crippen LogP contribution < -0.4 is 0 Å². The van der Waals surface area contributed by atoms with Crippen molar-refractivity contribution < 1.29 is 4.39 Å². The quantitative estimate of drug-likeness (QED) is 0.627. The first-order valence-electron chi connectivity index (χ1n) is 3.41. The Morgan fingerprint density at radius 1 is 1.64 bits per heavy atom. The van der Waals surface area contributed by atoms with E-state index in [1.54, 1.807) is 6.07 Å². The third-order valence-electron chi connectivity index (χ3n) is 1.49. The maximum Gasteiger partial charge on any atom is 0.141 e. The minimum absolute atomic E-state index is 0.192. The molecule has 0 aliphatic heterocycles. The Kier molecular flexibility index (Phi) is 2.83. The van der Waals surface area contributed by atoms with E-state index < -0.39 is 0 Å². The number of nitrogens with zero attached hydrogens (tertiary/aromatic N) is 1. The van der Waals surface area contributed by atoms with Gasteiger partial charge in [-0.25, -0.2) is 4.39 Å². The Hall–Kier alpha value is -0.630. The average Bonchev–Trinajstić information content (AvgIpc) is 2.05. The summed E-state index contributed by atoms with van der Waals surface area (Å²) in [5, 5.41) is 0. The fraction of sp³-hybridized carbons (Fsp3) is 0.375. The fourth-order valence-corrected chi connectivity index (χ4v) is 0.916. The molecule has 11 heavy (non-hydrogen) atoms. The minimum Gasteiger partial charge on any atom is -0.258 e. The van der Waals surface area contributed by atoms with Crippen LogP contribution >= 0.6 is 11.6 Å². The maximum absolute atomic E-state index is 12.4. The van der Waals surface area contributed by atoms with Gasteiger partial charge in [0.25, 0.3) is 0 Å². The number of rotatable bonds is 2. The second-order valence-corrected chi connectivity index (χ2v) is 2.77. The van der Waals surface area contributed by atoms with E-state index >= 15 is 0 Å². The normalized spacial score (nSPS) is 13.0. The molecule has 0 aromatic carbocycles. The summed E-state index contributed by atoms with van der Waals surface area (Å²) >= 11 is 5.59. The molecule has 0 fully saturated rings. The first-order chi connectivity index (χ1) is 5.24. The van der Waals surface area contributed by atoms with Crippen molar-refractivity contribution in [1.29, 1.82) is 0 Å². The molecule has 0 saturated heterocycles. The number of halogens is 2. The highest BCUT2D eigenvalue weighted by Crippen LogP contribution is 2.13. The summed E-state index contributed by atoms with van der Waals surface area (Å²) in [6.45, 7) is 1.95. The smallest absolute Gasteiger partial charge is 0.141 e. The topological polar surface area (TPSA) is 12.9 Å². The molecule has 0 amide bonds. The van der Waals surface area contributed by atoms with Crippen LogP contribution in [0.25, 0.3) is 0 Å². The Labute approximate surface area is 70.2 Å². The molecule has 1 heterocycles. The van der Waals surface area contributed by atoms with Gasteiger partial charge in [-0.3, -0.25) is 4.98 Å². The van der Waals surface area contributed by atoms with Gasteiger partial charge < -0.3 is 0 Å². The largest absolute Gasteiger partial charge is 0.258 e. The van der Waals surface area contributed by atoms with Gasteiger partial charge in [0.05, 0.1) is 6.20 Å². The van der Waals surface area contributed by atoms with E-state index in [1.165, 1.54) is 12.3 Å². The highest BCUT2D eigenvalue weighted by atomic mass is 35.5. The molecular weight excluding hydrogens is 165 g/mol. The monoisotopic (exact) mass is 173 g/mol. The van der Waals surface area contributed by atoms with E-state index in [0.29, 0.717) is 5.88 Å². The summed E-state index contributed by atoms with van der Waals surface area (Å²) in [6, 6.07) is 3.05. The summed E-state index contributed by atoms with van der Waals surface area (Å²) in [7, 11) is 0. The average molecular weight is 174 g/mol. The lowest BCUT2D eigenvalue weighted by atomic mass is 10.1.